The van der Waals surface area contributed by atoms with Gasteiger partial charge in [-0.2, -0.15) is 0 Å². The molecule has 2 atom stereocenters. The third-order valence-electron chi connectivity index (χ3n) is 4.80. The molecule has 154 valence electrons. The first-order chi connectivity index (χ1) is 12.3. The first-order valence-corrected chi connectivity index (χ1v) is 9.18. The maximum absolute atomic E-state index is 14.8. The Morgan fingerprint density at radius 2 is 1.89 bits per heavy atom. The lowest BCUT2D eigenvalue weighted by atomic mass is 9.92. The number of esters is 1. The van der Waals surface area contributed by atoms with Crippen LogP contribution in [-0.4, -0.2) is 71.7 Å². The van der Waals surface area contributed by atoms with Crippen LogP contribution in [0, 0.1) is 5.41 Å². The molecule has 2 aliphatic heterocycles. The van der Waals surface area contributed by atoms with Gasteiger partial charge in [-0.3, -0.25) is 14.6 Å². The second kappa shape index (κ2) is 7.37. The lowest BCUT2D eigenvalue weighted by Crippen LogP contribution is -2.50. The number of hydrogen-bond acceptors (Lipinski definition) is 5. The first kappa shape index (κ1) is 21.6. The Bertz CT molecular complexity index is 601. The van der Waals surface area contributed by atoms with E-state index in [-0.39, 0.29) is 13.2 Å². The molecule has 0 aromatic rings. The van der Waals surface area contributed by atoms with Crippen molar-refractivity contribution in [3.05, 3.63) is 12.7 Å². The summed E-state index contributed by atoms with van der Waals surface area (Å²) in [4.78, 5) is 27.3. The molecule has 0 saturated carbocycles. The van der Waals surface area contributed by atoms with E-state index in [1.807, 2.05) is 0 Å². The Labute approximate surface area is 159 Å². The van der Waals surface area contributed by atoms with Crippen molar-refractivity contribution in [2.45, 2.75) is 64.6 Å². The second-order valence-electron chi connectivity index (χ2n) is 8.91. The lowest BCUT2D eigenvalue weighted by molar-refractivity contribution is -0.154. The van der Waals surface area contributed by atoms with Crippen LogP contribution >= 0.6 is 0 Å². The molecule has 2 rings (SSSR count). The Morgan fingerprint density at radius 3 is 2.44 bits per heavy atom. The van der Waals surface area contributed by atoms with Gasteiger partial charge >= 0.3 is 12.1 Å². The normalized spacial score (nSPS) is 25.2. The van der Waals surface area contributed by atoms with Gasteiger partial charge in [0.05, 0.1) is 24.0 Å². The molecule has 2 saturated heterocycles. The summed E-state index contributed by atoms with van der Waals surface area (Å²) in [6.07, 6.45) is 1.15. The minimum absolute atomic E-state index is 0.0803. The molecule has 6 nitrogen and oxygen atoms in total. The van der Waals surface area contributed by atoms with E-state index in [1.165, 1.54) is 6.08 Å². The fraction of sp³-hybridized carbons (Fsp3) is 0.789. The molecule has 0 aromatic carbocycles. The van der Waals surface area contributed by atoms with Gasteiger partial charge in [0, 0.05) is 13.1 Å². The van der Waals surface area contributed by atoms with E-state index < -0.39 is 47.6 Å². The summed E-state index contributed by atoms with van der Waals surface area (Å²) in [7, 11) is 0. The van der Waals surface area contributed by atoms with E-state index in [9.17, 15) is 18.4 Å². The predicted octanol–water partition coefficient (Wildman–Crippen LogP) is 3.07. The topological polar surface area (TPSA) is 59.1 Å². The van der Waals surface area contributed by atoms with Crippen molar-refractivity contribution < 1.29 is 27.8 Å². The smallest absolute Gasteiger partial charge is 0.410 e. The van der Waals surface area contributed by atoms with Gasteiger partial charge in [0.1, 0.15) is 12.2 Å². The van der Waals surface area contributed by atoms with E-state index >= 15 is 0 Å². The molecule has 0 N–H and O–H groups in total. The van der Waals surface area contributed by atoms with Crippen LogP contribution in [0.1, 0.15) is 41.0 Å². The third kappa shape index (κ3) is 4.78. The summed E-state index contributed by atoms with van der Waals surface area (Å²) in [5.41, 5.74) is -1.70. The molecule has 0 bridgehead atoms. The average molecular weight is 388 g/mol. The maximum Gasteiger partial charge on any atom is 0.410 e. The number of nitrogens with zero attached hydrogens (tertiary/aromatic N) is 2. The number of fused-ring (bicyclic) bond motifs is 1. The first-order valence-electron chi connectivity index (χ1n) is 9.18. The molecule has 2 fully saturated rings. The molecule has 1 amide bonds. The SMILES string of the molecule is C=CCOC(=O)C(C)(C)CN1CC[C@H]2[C@@H]1C(F)(F)CN2C(=O)OC(C)(C)C. The monoisotopic (exact) mass is 388 g/mol. The van der Waals surface area contributed by atoms with Gasteiger partial charge in [-0.1, -0.05) is 12.7 Å². The number of ether oxygens (including phenoxy) is 2. The molecule has 27 heavy (non-hydrogen) atoms. The van der Waals surface area contributed by atoms with Crippen LogP contribution in [0.4, 0.5) is 13.6 Å². The Hall–Kier alpha value is -1.70. The molecule has 0 unspecified atom stereocenters. The van der Waals surface area contributed by atoms with Crippen molar-refractivity contribution in [3.63, 3.8) is 0 Å². The Kier molecular flexibility index (Phi) is 5.90. The zero-order valence-electron chi connectivity index (χ0n) is 16.8. The number of carbonyl (C=O) groups is 2. The van der Waals surface area contributed by atoms with Crippen molar-refractivity contribution in [2.24, 2.45) is 5.41 Å². The van der Waals surface area contributed by atoms with Gasteiger partial charge < -0.3 is 9.47 Å². The van der Waals surface area contributed by atoms with Gasteiger partial charge in [0.25, 0.3) is 5.92 Å². The zero-order valence-corrected chi connectivity index (χ0v) is 16.8. The maximum atomic E-state index is 14.8. The van der Waals surface area contributed by atoms with Crippen molar-refractivity contribution in [2.75, 3.05) is 26.2 Å². The number of rotatable bonds is 5. The van der Waals surface area contributed by atoms with Gasteiger partial charge in [0.15, 0.2) is 0 Å². The molecule has 0 spiro atoms. The van der Waals surface area contributed by atoms with Gasteiger partial charge in [-0.15, -0.1) is 0 Å². The van der Waals surface area contributed by atoms with E-state index in [4.69, 9.17) is 9.47 Å². The molecule has 2 heterocycles. The van der Waals surface area contributed by atoms with Crippen molar-refractivity contribution in [1.29, 1.82) is 0 Å². The number of halogens is 2. The van der Waals surface area contributed by atoms with E-state index in [0.717, 1.165) is 4.90 Å². The Balaban J connectivity index is 2.12. The highest BCUT2D eigenvalue weighted by Crippen LogP contribution is 2.43. The van der Waals surface area contributed by atoms with Crippen LogP contribution in [0.15, 0.2) is 12.7 Å². The highest BCUT2D eigenvalue weighted by atomic mass is 19.3. The van der Waals surface area contributed by atoms with Crippen LogP contribution in [-0.2, 0) is 14.3 Å². The quantitative estimate of drug-likeness (QED) is 0.535. The fourth-order valence-corrected chi connectivity index (χ4v) is 3.75. The Morgan fingerprint density at radius 1 is 1.26 bits per heavy atom. The molecule has 0 aliphatic carbocycles. The van der Waals surface area contributed by atoms with Crippen molar-refractivity contribution in [3.8, 4) is 0 Å². The minimum Gasteiger partial charge on any atom is -0.461 e. The fourth-order valence-electron chi connectivity index (χ4n) is 3.75. The summed E-state index contributed by atoms with van der Waals surface area (Å²) in [5, 5.41) is 0. The highest BCUT2D eigenvalue weighted by Gasteiger charge is 2.61. The van der Waals surface area contributed by atoms with Crippen molar-refractivity contribution in [1.82, 2.24) is 9.80 Å². The van der Waals surface area contributed by atoms with Crippen LogP contribution in [0.25, 0.3) is 0 Å². The van der Waals surface area contributed by atoms with Crippen LogP contribution < -0.4 is 0 Å². The molecule has 8 heteroatoms. The summed E-state index contributed by atoms with van der Waals surface area (Å²) in [6, 6.07) is -1.76. The standard InChI is InChI=1S/C19H30F2N2O4/c1-7-10-26-15(24)18(5,6)11-22-9-8-13-14(22)19(20,21)12-23(13)16(25)27-17(2,3)4/h7,13-14H,1,8-12H2,2-6H3/t13-,14+/m0/s1. The largest absolute Gasteiger partial charge is 0.461 e. The van der Waals surface area contributed by atoms with Gasteiger partial charge in [-0.25, -0.2) is 13.6 Å². The average Bonchev–Trinajstić information content (AvgIpc) is 3.03. The zero-order chi connectivity index (χ0) is 20.6. The molecular weight excluding hydrogens is 358 g/mol. The van der Waals surface area contributed by atoms with E-state index in [1.54, 1.807) is 39.5 Å². The second-order valence-corrected chi connectivity index (χ2v) is 8.91. The van der Waals surface area contributed by atoms with E-state index in [0.29, 0.717) is 13.0 Å². The molecule has 2 aliphatic rings. The highest BCUT2D eigenvalue weighted by molar-refractivity contribution is 5.76. The minimum atomic E-state index is -3.07. The van der Waals surface area contributed by atoms with Crippen molar-refractivity contribution >= 4 is 12.1 Å². The van der Waals surface area contributed by atoms with Gasteiger partial charge in [-0.05, 0) is 41.0 Å². The number of carbonyl (C=O) groups excluding carboxylic acids is 2. The van der Waals surface area contributed by atoms with Crippen LogP contribution in [0.5, 0.6) is 0 Å². The number of amides is 1. The number of hydrogen-bond donors (Lipinski definition) is 0. The molecule has 0 radical (unpaired) electrons. The van der Waals surface area contributed by atoms with Gasteiger partial charge in [0.2, 0.25) is 0 Å². The van der Waals surface area contributed by atoms with Crippen LogP contribution in [0.2, 0.25) is 0 Å². The number of likely N-dealkylation sites (tertiary alicyclic amines) is 2. The lowest BCUT2D eigenvalue weighted by Gasteiger charge is -2.33. The summed E-state index contributed by atoms with van der Waals surface area (Å²) in [5.74, 6) is -3.53. The molecular formula is C19H30F2N2O4. The summed E-state index contributed by atoms with van der Waals surface area (Å²) in [6.45, 7) is 11.9. The van der Waals surface area contributed by atoms with E-state index in [2.05, 4.69) is 6.58 Å². The number of alkyl halides is 2. The summed E-state index contributed by atoms with van der Waals surface area (Å²) >= 11 is 0. The molecule has 0 aromatic heterocycles. The van der Waals surface area contributed by atoms with Crippen LogP contribution in [0.3, 0.4) is 0 Å². The predicted molar refractivity (Wildman–Crippen MR) is 96.6 cm³/mol. The summed E-state index contributed by atoms with van der Waals surface area (Å²) < 4.78 is 39.9. The third-order valence-corrected chi connectivity index (χ3v) is 4.80.